The molecule has 0 spiro atoms. The average Bonchev–Trinajstić information content (AvgIpc) is 3.33. The smallest absolute Gasteiger partial charge is 0.267 e. The van der Waals surface area contributed by atoms with Gasteiger partial charge in [0.1, 0.15) is 16.5 Å². The van der Waals surface area contributed by atoms with Crippen LogP contribution in [0.1, 0.15) is 17.4 Å². The van der Waals surface area contributed by atoms with E-state index in [-0.39, 0.29) is 17.4 Å². The van der Waals surface area contributed by atoms with Crippen molar-refractivity contribution in [2.75, 3.05) is 10.6 Å². The maximum absolute atomic E-state index is 11.6. The number of nitrogens with one attached hydrogen (secondary N) is 3. The van der Waals surface area contributed by atoms with Gasteiger partial charge in [0, 0.05) is 17.9 Å². The number of hydrogen-bond acceptors (Lipinski definition) is 8. The average molecular weight is 429 g/mol. The second kappa shape index (κ2) is 7.45. The van der Waals surface area contributed by atoms with Gasteiger partial charge in [0.15, 0.2) is 0 Å². The Kier molecular flexibility index (Phi) is 4.82. The summed E-state index contributed by atoms with van der Waals surface area (Å²) in [6.07, 6.45) is 1.64. The van der Waals surface area contributed by atoms with E-state index >= 15 is 0 Å². The molecule has 4 aromatic rings. The van der Waals surface area contributed by atoms with Gasteiger partial charge < -0.3 is 16.4 Å². The van der Waals surface area contributed by atoms with Gasteiger partial charge in [-0.25, -0.2) is 4.98 Å². The number of halogens is 1. The summed E-state index contributed by atoms with van der Waals surface area (Å²) >= 11 is 7.65. The quantitative estimate of drug-likeness (QED) is 0.381. The number of aromatic amines is 1. The number of primary amides is 1. The van der Waals surface area contributed by atoms with Gasteiger partial charge in [0.25, 0.3) is 5.91 Å². The van der Waals surface area contributed by atoms with E-state index in [2.05, 4.69) is 36.0 Å². The number of amides is 2. The number of aromatic nitrogens is 5. The van der Waals surface area contributed by atoms with E-state index < -0.39 is 5.91 Å². The van der Waals surface area contributed by atoms with Crippen LogP contribution in [0.4, 0.5) is 16.6 Å². The zero-order valence-corrected chi connectivity index (χ0v) is 16.4. The molecule has 0 fully saturated rings. The normalized spacial score (nSPS) is 10.8. The SMILES string of the molecule is CC(=O)Nc1cc(-c2nnc(Nc3ccc4[nH]ncc4c3Cl)s2)cc(C(N)=O)n1. The van der Waals surface area contributed by atoms with Crippen LogP contribution >= 0.6 is 22.9 Å². The Balaban J connectivity index is 1.66. The van der Waals surface area contributed by atoms with Crippen molar-refractivity contribution in [2.45, 2.75) is 6.92 Å². The fourth-order valence-corrected chi connectivity index (χ4v) is 3.61. The molecular formula is C17H13ClN8O2S. The lowest BCUT2D eigenvalue weighted by Gasteiger charge is -2.06. The molecule has 12 heteroatoms. The first-order valence-corrected chi connectivity index (χ1v) is 9.42. The van der Waals surface area contributed by atoms with Gasteiger partial charge in [-0.15, -0.1) is 10.2 Å². The molecule has 2 amide bonds. The number of H-pyrrole nitrogens is 1. The van der Waals surface area contributed by atoms with E-state index in [0.717, 1.165) is 10.9 Å². The highest BCUT2D eigenvalue weighted by molar-refractivity contribution is 7.18. The van der Waals surface area contributed by atoms with Crippen LogP contribution in [-0.4, -0.2) is 37.2 Å². The number of pyridine rings is 1. The Morgan fingerprint density at radius 2 is 2.07 bits per heavy atom. The Morgan fingerprint density at radius 3 is 2.83 bits per heavy atom. The maximum atomic E-state index is 11.6. The molecule has 0 unspecified atom stereocenters. The van der Waals surface area contributed by atoms with Gasteiger partial charge in [-0.1, -0.05) is 22.9 Å². The topological polar surface area (TPSA) is 152 Å². The predicted molar refractivity (Wildman–Crippen MR) is 110 cm³/mol. The van der Waals surface area contributed by atoms with Gasteiger partial charge >= 0.3 is 0 Å². The number of carbonyl (C=O) groups excluding carboxylic acids is 2. The summed E-state index contributed by atoms with van der Waals surface area (Å²) in [5.41, 5.74) is 7.35. The highest BCUT2D eigenvalue weighted by Crippen LogP contribution is 2.34. The van der Waals surface area contributed by atoms with E-state index in [0.29, 0.717) is 26.4 Å². The second-order valence-corrected chi connectivity index (χ2v) is 7.32. The molecule has 5 N–H and O–H groups in total. The van der Waals surface area contributed by atoms with Crippen molar-refractivity contribution in [1.29, 1.82) is 0 Å². The van der Waals surface area contributed by atoms with Crippen LogP contribution in [0, 0.1) is 0 Å². The van der Waals surface area contributed by atoms with Crippen molar-refractivity contribution < 1.29 is 9.59 Å². The van der Waals surface area contributed by atoms with E-state index in [9.17, 15) is 9.59 Å². The molecule has 3 heterocycles. The minimum atomic E-state index is -0.721. The fourth-order valence-electron chi connectivity index (χ4n) is 2.61. The minimum absolute atomic E-state index is 0.00409. The largest absolute Gasteiger partial charge is 0.364 e. The predicted octanol–water partition coefficient (Wildman–Crippen LogP) is 2.93. The van der Waals surface area contributed by atoms with Crippen LogP contribution in [0.15, 0.2) is 30.5 Å². The summed E-state index contributed by atoms with van der Waals surface area (Å²) in [5, 5.41) is 23.0. The molecule has 29 heavy (non-hydrogen) atoms. The number of hydrogen-bond donors (Lipinski definition) is 4. The number of nitrogens with zero attached hydrogens (tertiary/aromatic N) is 4. The molecule has 1 aromatic carbocycles. The number of nitrogens with two attached hydrogens (primary N) is 1. The van der Waals surface area contributed by atoms with Crippen molar-refractivity contribution in [3.63, 3.8) is 0 Å². The third-order valence-corrected chi connectivity index (χ3v) is 5.15. The van der Waals surface area contributed by atoms with E-state index in [1.54, 1.807) is 18.3 Å². The number of fused-ring (bicyclic) bond motifs is 1. The molecule has 0 aliphatic rings. The van der Waals surface area contributed by atoms with Crippen LogP contribution in [0.25, 0.3) is 21.5 Å². The van der Waals surface area contributed by atoms with Crippen molar-refractivity contribution in [3.8, 4) is 10.6 Å². The van der Waals surface area contributed by atoms with Crippen LogP contribution in [0.5, 0.6) is 0 Å². The lowest BCUT2D eigenvalue weighted by atomic mass is 10.2. The monoisotopic (exact) mass is 428 g/mol. The van der Waals surface area contributed by atoms with Crippen LogP contribution in [-0.2, 0) is 4.79 Å². The molecule has 10 nitrogen and oxygen atoms in total. The first kappa shape index (κ1) is 18.8. The Hall–Kier alpha value is -3.57. The summed E-state index contributed by atoms with van der Waals surface area (Å²) in [7, 11) is 0. The van der Waals surface area contributed by atoms with Crippen LogP contribution in [0.2, 0.25) is 5.02 Å². The van der Waals surface area contributed by atoms with Gasteiger partial charge in [-0.2, -0.15) is 5.10 Å². The third-order valence-electron chi connectivity index (χ3n) is 3.85. The summed E-state index contributed by atoms with van der Waals surface area (Å²) in [4.78, 5) is 26.9. The van der Waals surface area contributed by atoms with Crippen LogP contribution in [0.3, 0.4) is 0 Å². The minimum Gasteiger partial charge on any atom is -0.364 e. The summed E-state index contributed by atoms with van der Waals surface area (Å²) < 4.78 is 0. The van der Waals surface area contributed by atoms with Gasteiger partial charge in [-0.05, 0) is 24.3 Å². The highest BCUT2D eigenvalue weighted by atomic mass is 35.5. The standard InChI is InChI=1S/C17H13ClN8O2S/c1-7(27)21-13-5-8(4-12(22-13)15(19)28)16-25-26-17(29-16)23-11-3-2-10-9(14(11)18)6-20-24-10/h2-6H,1H3,(H2,19,28)(H,20,24)(H,23,26)(H,21,22,27). The molecule has 0 atom stereocenters. The number of carbonyl (C=O) groups is 2. The number of benzene rings is 1. The Morgan fingerprint density at radius 1 is 1.24 bits per heavy atom. The molecule has 4 rings (SSSR count). The lowest BCUT2D eigenvalue weighted by molar-refractivity contribution is -0.114. The number of rotatable bonds is 5. The van der Waals surface area contributed by atoms with E-state index in [4.69, 9.17) is 17.3 Å². The van der Waals surface area contributed by atoms with Crippen molar-refractivity contribution in [3.05, 3.63) is 41.2 Å². The molecule has 0 saturated carbocycles. The number of anilines is 3. The summed E-state index contributed by atoms with van der Waals surface area (Å²) in [5.74, 6) is -0.850. The lowest BCUT2D eigenvalue weighted by Crippen LogP contribution is -2.15. The third kappa shape index (κ3) is 3.86. The van der Waals surface area contributed by atoms with Gasteiger partial charge in [0.2, 0.25) is 11.0 Å². The maximum Gasteiger partial charge on any atom is 0.267 e. The summed E-state index contributed by atoms with van der Waals surface area (Å²) in [6.45, 7) is 1.34. The molecule has 0 bridgehead atoms. The van der Waals surface area contributed by atoms with E-state index in [1.165, 1.54) is 24.3 Å². The van der Waals surface area contributed by atoms with Gasteiger partial charge in [0.05, 0.1) is 22.4 Å². The Labute approximate surface area is 172 Å². The highest BCUT2D eigenvalue weighted by Gasteiger charge is 2.15. The molecule has 0 radical (unpaired) electrons. The van der Waals surface area contributed by atoms with E-state index in [1.807, 2.05) is 6.07 Å². The zero-order chi connectivity index (χ0) is 20.5. The molecular weight excluding hydrogens is 416 g/mol. The van der Waals surface area contributed by atoms with Crippen LogP contribution < -0.4 is 16.4 Å². The zero-order valence-electron chi connectivity index (χ0n) is 14.9. The van der Waals surface area contributed by atoms with Crippen molar-refractivity contribution in [1.82, 2.24) is 25.4 Å². The first-order valence-electron chi connectivity index (χ1n) is 8.22. The van der Waals surface area contributed by atoms with Crippen molar-refractivity contribution >= 4 is 62.3 Å². The molecule has 146 valence electrons. The van der Waals surface area contributed by atoms with Crippen molar-refractivity contribution in [2.24, 2.45) is 5.73 Å². The first-order chi connectivity index (χ1) is 13.9. The molecule has 0 aliphatic carbocycles. The molecule has 0 aliphatic heterocycles. The molecule has 0 saturated heterocycles. The summed E-state index contributed by atoms with van der Waals surface area (Å²) in [6, 6.07) is 6.72. The second-order valence-electron chi connectivity index (χ2n) is 5.97. The Bertz CT molecular complexity index is 1250. The van der Waals surface area contributed by atoms with Gasteiger partial charge in [-0.3, -0.25) is 14.7 Å². The molecule has 3 aromatic heterocycles. The fraction of sp³-hybridized carbons (Fsp3) is 0.0588.